The fourth-order valence-corrected chi connectivity index (χ4v) is 3.99. The van der Waals surface area contributed by atoms with Gasteiger partial charge in [-0.25, -0.2) is 0 Å². The second-order valence-corrected chi connectivity index (χ2v) is 7.87. The van der Waals surface area contributed by atoms with Gasteiger partial charge in [-0.2, -0.15) is 5.10 Å². The SMILES string of the molecule is CCC(=O)Nc1cncc(-c2cc3c(-c4cc5c(-c6ccoc6)nccc5[nH]4)n[nH]c3cn2)c1. The van der Waals surface area contributed by atoms with Crippen LogP contribution in [0.15, 0.2) is 72.1 Å². The van der Waals surface area contributed by atoms with E-state index in [-0.39, 0.29) is 5.91 Å². The summed E-state index contributed by atoms with van der Waals surface area (Å²) in [5.74, 6) is -0.0671. The van der Waals surface area contributed by atoms with E-state index in [0.717, 1.165) is 55.7 Å². The zero-order valence-corrected chi connectivity index (χ0v) is 18.2. The van der Waals surface area contributed by atoms with Crippen molar-refractivity contribution in [2.45, 2.75) is 13.3 Å². The highest BCUT2D eigenvalue weighted by molar-refractivity contribution is 6.00. The highest BCUT2D eigenvalue weighted by Crippen LogP contribution is 2.34. The van der Waals surface area contributed by atoms with E-state index in [4.69, 9.17) is 4.42 Å². The highest BCUT2D eigenvalue weighted by Gasteiger charge is 2.16. The van der Waals surface area contributed by atoms with Gasteiger partial charge in [0.2, 0.25) is 5.91 Å². The number of hydrogen-bond acceptors (Lipinski definition) is 6. The standard InChI is InChI=1S/C25H19N7O2/c1-2-23(33)29-16-7-15(10-26-11-16)20-8-18-22(12-28-20)31-32-25(18)21-9-17-19(30-21)3-5-27-24(17)14-4-6-34-13-14/h3-13,30H,2H2,1H3,(H,29,33)(H,31,32). The summed E-state index contributed by atoms with van der Waals surface area (Å²) in [6, 6.07) is 9.70. The number of fused-ring (bicyclic) bond motifs is 2. The lowest BCUT2D eigenvalue weighted by atomic mass is 10.1. The van der Waals surface area contributed by atoms with Crippen LogP contribution in [-0.2, 0) is 4.79 Å². The maximum Gasteiger partial charge on any atom is 0.224 e. The van der Waals surface area contributed by atoms with Crippen molar-refractivity contribution in [2.24, 2.45) is 0 Å². The number of aromatic nitrogens is 6. The predicted molar refractivity (Wildman–Crippen MR) is 129 cm³/mol. The number of nitrogens with one attached hydrogen (secondary N) is 3. The van der Waals surface area contributed by atoms with Gasteiger partial charge >= 0.3 is 0 Å². The van der Waals surface area contributed by atoms with Crippen LogP contribution in [0.2, 0.25) is 0 Å². The lowest BCUT2D eigenvalue weighted by Crippen LogP contribution is -2.09. The second kappa shape index (κ2) is 7.96. The van der Waals surface area contributed by atoms with Crippen molar-refractivity contribution in [1.29, 1.82) is 0 Å². The van der Waals surface area contributed by atoms with Gasteiger partial charge < -0.3 is 14.7 Å². The monoisotopic (exact) mass is 449 g/mol. The van der Waals surface area contributed by atoms with E-state index in [9.17, 15) is 4.79 Å². The van der Waals surface area contributed by atoms with E-state index in [1.165, 1.54) is 0 Å². The molecule has 0 atom stereocenters. The number of carbonyl (C=O) groups excluding carboxylic acids is 1. The van der Waals surface area contributed by atoms with Crippen molar-refractivity contribution in [3.8, 4) is 33.9 Å². The normalized spacial score (nSPS) is 11.3. The third-order valence-electron chi connectivity index (χ3n) is 5.68. The molecule has 0 unspecified atom stereocenters. The number of carbonyl (C=O) groups is 1. The number of hydrogen-bond donors (Lipinski definition) is 3. The first kappa shape index (κ1) is 19.9. The highest BCUT2D eigenvalue weighted by atomic mass is 16.3. The Balaban J connectivity index is 1.43. The molecule has 1 amide bonds. The number of furan rings is 1. The van der Waals surface area contributed by atoms with Crippen LogP contribution in [0.3, 0.4) is 0 Å². The van der Waals surface area contributed by atoms with Crippen LogP contribution in [0, 0.1) is 0 Å². The van der Waals surface area contributed by atoms with Crippen LogP contribution < -0.4 is 5.32 Å². The molecule has 0 aromatic carbocycles. The number of pyridine rings is 3. The van der Waals surface area contributed by atoms with E-state index < -0.39 is 0 Å². The average molecular weight is 449 g/mol. The molecule has 3 N–H and O–H groups in total. The summed E-state index contributed by atoms with van der Waals surface area (Å²) >= 11 is 0. The summed E-state index contributed by atoms with van der Waals surface area (Å²) in [6.07, 6.45) is 10.6. The zero-order chi connectivity index (χ0) is 23.1. The van der Waals surface area contributed by atoms with Crippen LogP contribution in [0.25, 0.3) is 55.7 Å². The summed E-state index contributed by atoms with van der Waals surface area (Å²) in [5.41, 5.74) is 7.32. The van der Waals surface area contributed by atoms with Gasteiger partial charge in [-0.1, -0.05) is 6.92 Å². The summed E-state index contributed by atoms with van der Waals surface area (Å²) in [6.45, 7) is 1.81. The Morgan fingerprint density at radius 2 is 1.91 bits per heavy atom. The second-order valence-electron chi connectivity index (χ2n) is 7.87. The Morgan fingerprint density at radius 3 is 2.76 bits per heavy atom. The van der Waals surface area contributed by atoms with Gasteiger partial charge in [0.25, 0.3) is 0 Å². The topological polar surface area (TPSA) is 125 Å². The van der Waals surface area contributed by atoms with Crippen molar-refractivity contribution in [2.75, 3.05) is 5.32 Å². The molecule has 0 saturated heterocycles. The minimum Gasteiger partial charge on any atom is -0.472 e. The Bertz CT molecular complexity index is 1650. The van der Waals surface area contributed by atoms with Gasteiger partial charge in [0.15, 0.2) is 0 Å². The smallest absolute Gasteiger partial charge is 0.224 e. The molecule has 0 bridgehead atoms. The maximum absolute atomic E-state index is 11.8. The van der Waals surface area contributed by atoms with E-state index in [1.807, 2.05) is 30.3 Å². The molecule has 34 heavy (non-hydrogen) atoms. The fraction of sp³-hybridized carbons (Fsp3) is 0.0800. The molecule has 0 aliphatic rings. The third-order valence-corrected chi connectivity index (χ3v) is 5.68. The summed E-state index contributed by atoms with van der Waals surface area (Å²) < 4.78 is 5.24. The molecule has 0 saturated carbocycles. The number of anilines is 1. The number of H-pyrrole nitrogens is 2. The van der Waals surface area contributed by atoms with Crippen molar-refractivity contribution < 1.29 is 9.21 Å². The Morgan fingerprint density at radius 1 is 1.00 bits per heavy atom. The van der Waals surface area contributed by atoms with Crippen molar-refractivity contribution >= 4 is 33.4 Å². The van der Waals surface area contributed by atoms with Gasteiger partial charge in [-0.15, -0.1) is 0 Å². The maximum atomic E-state index is 11.8. The first-order valence-electron chi connectivity index (χ1n) is 10.8. The van der Waals surface area contributed by atoms with Gasteiger partial charge in [0, 0.05) is 46.2 Å². The molecular formula is C25H19N7O2. The molecule has 0 aliphatic carbocycles. The van der Waals surface area contributed by atoms with Gasteiger partial charge in [0.1, 0.15) is 5.69 Å². The summed E-state index contributed by atoms with van der Waals surface area (Å²) in [7, 11) is 0. The summed E-state index contributed by atoms with van der Waals surface area (Å²) in [5, 5.41) is 12.3. The van der Waals surface area contributed by atoms with Crippen LogP contribution in [0.4, 0.5) is 5.69 Å². The molecule has 0 radical (unpaired) electrons. The molecule has 0 aliphatic heterocycles. The quantitative estimate of drug-likeness (QED) is 0.333. The predicted octanol–water partition coefficient (Wildman–Crippen LogP) is 5.17. The minimum absolute atomic E-state index is 0.0671. The van der Waals surface area contributed by atoms with Crippen LogP contribution >= 0.6 is 0 Å². The number of rotatable bonds is 5. The molecule has 6 aromatic heterocycles. The lowest BCUT2D eigenvalue weighted by Gasteiger charge is -2.06. The van der Waals surface area contributed by atoms with Crippen LogP contribution in [-0.4, -0.2) is 36.0 Å². The molecule has 0 spiro atoms. The molecule has 9 heteroatoms. The molecule has 6 heterocycles. The minimum atomic E-state index is -0.0671. The van der Waals surface area contributed by atoms with E-state index in [0.29, 0.717) is 12.1 Å². The van der Waals surface area contributed by atoms with Crippen LogP contribution in [0.1, 0.15) is 13.3 Å². The van der Waals surface area contributed by atoms with Crippen molar-refractivity contribution in [1.82, 2.24) is 30.1 Å². The Labute approximate surface area is 193 Å². The molecule has 166 valence electrons. The molecule has 9 nitrogen and oxygen atoms in total. The number of amides is 1. The largest absolute Gasteiger partial charge is 0.472 e. The molecule has 6 rings (SSSR count). The fourth-order valence-electron chi connectivity index (χ4n) is 3.99. The first-order valence-corrected chi connectivity index (χ1v) is 10.8. The van der Waals surface area contributed by atoms with E-state index in [2.05, 4.69) is 35.5 Å². The lowest BCUT2D eigenvalue weighted by molar-refractivity contribution is -0.115. The summed E-state index contributed by atoms with van der Waals surface area (Å²) in [4.78, 5) is 28.6. The molecular weight excluding hydrogens is 430 g/mol. The van der Waals surface area contributed by atoms with Gasteiger partial charge in [0.05, 0.1) is 53.2 Å². The van der Waals surface area contributed by atoms with Crippen molar-refractivity contribution in [3.63, 3.8) is 0 Å². The Kier molecular flexibility index (Phi) is 4.65. The molecule has 0 fully saturated rings. The average Bonchev–Trinajstić information content (AvgIpc) is 3.62. The Hall–Kier alpha value is -4.79. The van der Waals surface area contributed by atoms with E-state index in [1.54, 1.807) is 44.2 Å². The van der Waals surface area contributed by atoms with Gasteiger partial charge in [-0.05, 0) is 30.3 Å². The zero-order valence-electron chi connectivity index (χ0n) is 18.2. The van der Waals surface area contributed by atoms with Crippen LogP contribution in [0.5, 0.6) is 0 Å². The number of aromatic amines is 2. The number of nitrogens with zero attached hydrogens (tertiary/aromatic N) is 4. The van der Waals surface area contributed by atoms with Crippen molar-refractivity contribution in [3.05, 3.63) is 67.6 Å². The van der Waals surface area contributed by atoms with E-state index >= 15 is 0 Å². The van der Waals surface area contributed by atoms with Gasteiger partial charge in [-0.3, -0.25) is 24.8 Å². The third kappa shape index (κ3) is 3.39. The first-order chi connectivity index (χ1) is 16.7. The molecule has 6 aromatic rings.